The molecule has 5 heteroatoms. The lowest BCUT2D eigenvalue weighted by molar-refractivity contribution is 0.457. The molecule has 0 radical (unpaired) electrons. The minimum atomic E-state index is 0.573. The summed E-state index contributed by atoms with van der Waals surface area (Å²) in [5.41, 5.74) is 1.14. The van der Waals surface area contributed by atoms with Crippen LogP contribution in [0.1, 0.15) is 25.2 Å². The first-order valence-electron chi connectivity index (χ1n) is 5.84. The van der Waals surface area contributed by atoms with E-state index in [-0.39, 0.29) is 0 Å². The van der Waals surface area contributed by atoms with E-state index in [0.29, 0.717) is 5.92 Å². The minimum absolute atomic E-state index is 0.573. The van der Waals surface area contributed by atoms with Crippen molar-refractivity contribution in [2.45, 2.75) is 33.5 Å². The van der Waals surface area contributed by atoms with Crippen molar-refractivity contribution in [1.29, 1.82) is 0 Å². The molecule has 92 valence electrons. The summed E-state index contributed by atoms with van der Waals surface area (Å²) in [5, 5.41) is 7.54. The van der Waals surface area contributed by atoms with Gasteiger partial charge in [0.25, 0.3) is 0 Å². The Morgan fingerprint density at radius 2 is 2.29 bits per heavy atom. The maximum atomic E-state index is 5.01. The molecule has 0 aliphatic carbocycles. The molecule has 2 rings (SSSR count). The third-order valence-corrected chi connectivity index (χ3v) is 2.43. The number of rotatable bonds is 6. The van der Waals surface area contributed by atoms with E-state index in [1.54, 1.807) is 18.9 Å². The molecule has 0 amide bonds. The van der Waals surface area contributed by atoms with Gasteiger partial charge in [0, 0.05) is 18.7 Å². The van der Waals surface area contributed by atoms with Gasteiger partial charge in [-0.3, -0.25) is 0 Å². The van der Waals surface area contributed by atoms with Crippen molar-refractivity contribution in [3.05, 3.63) is 36.3 Å². The summed E-state index contributed by atoms with van der Waals surface area (Å²) in [7, 11) is 0. The fourth-order valence-corrected chi connectivity index (χ4v) is 1.64. The summed E-state index contributed by atoms with van der Waals surface area (Å²) < 4.78 is 6.96. The Morgan fingerprint density at radius 1 is 1.41 bits per heavy atom. The second kappa shape index (κ2) is 5.63. The van der Waals surface area contributed by atoms with Gasteiger partial charge >= 0.3 is 0 Å². The zero-order valence-corrected chi connectivity index (χ0v) is 10.3. The van der Waals surface area contributed by atoms with Crippen molar-refractivity contribution >= 4 is 0 Å². The summed E-state index contributed by atoms with van der Waals surface area (Å²) in [6, 6.07) is 1.95. The normalized spacial score (nSPS) is 11.2. The molecule has 0 aromatic carbocycles. The first kappa shape index (κ1) is 11.9. The molecule has 0 saturated heterocycles. The van der Waals surface area contributed by atoms with E-state index >= 15 is 0 Å². The Bertz CT molecular complexity index is 433. The van der Waals surface area contributed by atoms with Gasteiger partial charge in [-0.05, 0) is 12.0 Å². The highest BCUT2D eigenvalue weighted by Crippen LogP contribution is 2.02. The Balaban J connectivity index is 1.84. The summed E-state index contributed by atoms with van der Waals surface area (Å²) in [4.78, 5) is 4.25. The number of furan rings is 1. The molecule has 5 nitrogen and oxygen atoms in total. The van der Waals surface area contributed by atoms with Crippen molar-refractivity contribution in [3.63, 3.8) is 0 Å². The third kappa shape index (κ3) is 3.42. The average molecular weight is 234 g/mol. The predicted octanol–water partition coefficient (Wildman–Crippen LogP) is 1.82. The zero-order chi connectivity index (χ0) is 12.1. The molecule has 0 aliphatic rings. The van der Waals surface area contributed by atoms with Crippen LogP contribution in [0.4, 0.5) is 0 Å². The second-order valence-electron chi connectivity index (χ2n) is 4.49. The smallest absolute Gasteiger partial charge is 0.140 e. The molecule has 0 unspecified atom stereocenters. The topological polar surface area (TPSA) is 55.9 Å². The van der Waals surface area contributed by atoms with Gasteiger partial charge in [0.05, 0.1) is 19.1 Å². The number of hydrogen-bond donors (Lipinski definition) is 1. The fourth-order valence-electron chi connectivity index (χ4n) is 1.64. The summed E-state index contributed by atoms with van der Waals surface area (Å²) in [6.45, 7) is 6.75. The van der Waals surface area contributed by atoms with Crippen LogP contribution in [0, 0.1) is 5.92 Å². The average Bonchev–Trinajstić information content (AvgIpc) is 2.90. The van der Waals surface area contributed by atoms with Crippen LogP contribution in [0.15, 0.2) is 29.3 Å². The first-order chi connectivity index (χ1) is 8.25. The largest absolute Gasteiger partial charge is 0.472 e. The van der Waals surface area contributed by atoms with Crippen LogP contribution in [0.2, 0.25) is 0 Å². The molecule has 0 fully saturated rings. The van der Waals surface area contributed by atoms with Crippen molar-refractivity contribution < 1.29 is 4.42 Å². The van der Waals surface area contributed by atoms with E-state index in [2.05, 4.69) is 29.2 Å². The molecule has 17 heavy (non-hydrogen) atoms. The molecule has 0 saturated carbocycles. The zero-order valence-electron chi connectivity index (χ0n) is 10.3. The van der Waals surface area contributed by atoms with E-state index in [1.807, 2.05) is 10.7 Å². The maximum Gasteiger partial charge on any atom is 0.140 e. The van der Waals surface area contributed by atoms with E-state index < -0.39 is 0 Å². The van der Waals surface area contributed by atoms with Crippen molar-refractivity contribution in [2.24, 2.45) is 5.92 Å². The van der Waals surface area contributed by atoms with E-state index in [4.69, 9.17) is 4.42 Å². The second-order valence-corrected chi connectivity index (χ2v) is 4.49. The summed E-state index contributed by atoms with van der Waals surface area (Å²) in [5.74, 6) is 1.55. The van der Waals surface area contributed by atoms with Crippen LogP contribution < -0.4 is 5.32 Å². The molecule has 0 aliphatic heterocycles. The molecule has 0 bridgehead atoms. The lowest BCUT2D eigenvalue weighted by atomic mass is 10.2. The first-order valence-corrected chi connectivity index (χ1v) is 5.84. The standard InChI is InChI=1S/C12H18N4O/c1-10(2)7-16-12(14-9-15-16)6-13-5-11-3-4-17-8-11/h3-4,8-10,13H,5-7H2,1-2H3. The Hall–Kier alpha value is -1.62. The van der Waals surface area contributed by atoms with Gasteiger partial charge < -0.3 is 9.73 Å². The van der Waals surface area contributed by atoms with Crippen LogP contribution in [-0.4, -0.2) is 14.8 Å². The summed E-state index contributed by atoms with van der Waals surface area (Å²) in [6.07, 6.45) is 5.03. The Labute approximate surface area is 101 Å². The molecule has 0 spiro atoms. The van der Waals surface area contributed by atoms with Crippen molar-refractivity contribution in [2.75, 3.05) is 0 Å². The molecular formula is C12H18N4O. The highest BCUT2D eigenvalue weighted by molar-refractivity contribution is 5.04. The van der Waals surface area contributed by atoms with Crippen LogP contribution in [0.3, 0.4) is 0 Å². The molecule has 1 N–H and O–H groups in total. The van der Waals surface area contributed by atoms with Crippen LogP contribution >= 0.6 is 0 Å². The van der Waals surface area contributed by atoms with Gasteiger partial charge in [-0.2, -0.15) is 5.10 Å². The van der Waals surface area contributed by atoms with E-state index in [0.717, 1.165) is 31.0 Å². The van der Waals surface area contributed by atoms with Crippen LogP contribution in [0.5, 0.6) is 0 Å². The molecule has 2 aromatic rings. The van der Waals surface area contributed by atoms with Gasteiger partial charge in [0.2, 0.25) is 0 Å². The third-order valence-electron chi connectivity index (χ3n) is 2.43. The number of nitrogens with one attached hydrogen (secondary N) is 1. The Morgan fingerprint density at radius 3 is 3.00 bits per heavy atom. The van der Waals surface area contributed by atoms with Crippen LogP contribution in [0.25, 0.3) is 0 Å². The number of hydrogen-bond acceptors (Lipinski definition) is 4. The summed E-state index contributed by atoms with van der Waals surface area (Å²) >= 11 is 0. The van der Waals surface area contributed by atoms with Gasteiger partial charge in [0.1, 0.15) is 12.2 Å². The highest BCUT2D eigenvalue weighted by Gasteiger charge is 2.05. The predicted molar refractivity (Wildman–Crippen MR) is 64.1 cm³/mol. The van der Waals surface area contributed by atoms with E-state index in [1.165, 1.54) is 0 Å². The molecule has 0 atom stereocenters. The lowest BCUT2D eigenvalue weighted by Gasteiger charge is -2.08. The highest BCUT2D eigenvalue weighted by atomic mass is 16.3. The van der Waals surface area contributed by atoms with Gasteiger partial charge in [-0.1, -0.05) is 13.8 Å². The van der Waals surface area contributed by atoms with Crippen molar-refractivity contribution in [3.8, 4) is 0 Å². The SMILES string of the molecule is CC(C)Cn1ncnc1CNCc1ccoc1. The van der Waals surface area contributed by atoms with Gasteiger partial charge in [-0.25, -0.2) is 9.67 Å². The minimum Gasteiger partial charge on any atom is -0.472 e. The quantitative estimate of drug-likeness (QED) is 0.828. The van der Waals surface area contributed by atoms with Gasteiger partial charge in [-0.15, -0.1) is 0 Å². The molecule has 2 heterocycles. The van der Waals surface area contributed by atoms with Crippen molar-refractivity contribution in [1.82, 2.24) is 20.1 Å². The maximum absolute atomic E-state index is 5.01. The van der Waals surface area contributed by atoms with Gasteiger partial charge in [0.15, 0.2) is 0 Å². The monoisotopic (exact) mass is 234 g/mol. The Kier molecular flexibility index (Phi) is 3.93. The number of nitrogens with zero attached hydrogens (tertiary/aromatic N) is 3. The number of aromatic nitrogens is 3. The fraction of sp³-hybridized carbons (Fsp3) is 0.500. The van der Waals surface area contributed by atoms with E-state index in [9.17, 15) is 0 Å². The van der Waals surface area contributed by atoms with Crippen LogP contribution in [-0.2, 0) is 19.6 Å². The molecular weight excluding hydrogens is 216 g/mol. The lowest BCUT2D eigenvalue weighted by Crippen LogP contribution is -2.18. The molecule has 2 aromatic heterocycles.